The second-order valence-electron chi connectivity index (χ2n) is 5.02. The van der Waals surface area contributed by atoms with Crippen LogP contribution >= 0.6 is 22.9 Å². The maximum absolute atomic E-state index is 13.5. The quantitative estimate of drug-likeness (QED) is 0.746. The number of likely N-dealkylation sites (N-methyl/N-ethyl adjacent to an activating group) is 1. The maximum Gasteiger partial charge on any atom is 0.152 e. The largest absolute Gasteiger partial charge is 0.482 e. The first-order valence-corrected chi connectivity index (χ1v) is 8.64. The number of aliphatic hydroxyl groups excluding tert-OH is 1. The highest BCUT2D eigenvalue weighted by atomic mass is 35.5. The molecule has 5 nitrogen and oxygen atoms in total. The number of nitriles is 1. The molecule has 0 unspecified atom stereocenters. The van der Waals surface area contributed by atoms with Crippen molar-refractivity contribution in [3.05, 3.63) is 45.1 Å². The summed E-state index contributed by atoms with van der Waals surface area (Å²) in [6.45, 7) is 2.57. The van der Waals surface area contributed by atoms with Gasteiger partial charge in [-0.05, 0) is 12.6 Å². The summed E-state index contributed by atoms with van der Waals surface area (Å²) >= 11 is 7.21. The average Bonchev–Trinajstić information content (AvgIpc) is 3.11. The van der Waals surface area contributed by atoms with E-state index >= 15 is 0 Å². The molecule has 2 rings (SSSR count). The van der Waals surface area contributed by atoms with Gasteiger partial charge in [-0.2, -0.15) is 5.26 Å². The molecule has 0 aliphatic carbocycles. The fourth-order valence-corrected chi connectivity index (χ4v) is 3.06. The number of nitrogens with zero attached hydrogens (tertiary/aromatic N) is 2. The number of ether oxygens (including phenoxy) is 1. The monoisotopic (exact) mass is 369 g/mol. The van der Waals surface area contributed by atoms with Gasteiger partial charge >= 0.3 is 0 Å². The summed E-state index contributed by atoms with van der Waals surface area (Å²) in [5.41, 5.74) is 0.0578. The van der Waals surface area contributed by atoms with Crippen molar-refractivity contribution in [1.82, 2.24) is 10.3 Å². The van der Waals surface area contributed by atoms with E-state index in [1.807, 2.05) is 18.4 Å². The Balaban J connectivity index is 2.29. The second-order valence-corrected chi connectivity index (χ2v) is 6.36. The van der Waals surface area contributed by atoms with Crippen LogP contribution in [0.1, 0.15) is 30.0 Å². The Morgan fingerprint density at radius 1 is 1.54 bits per heavy atom. The highest BCUT2D eigenvalue weighted by Gasteiger charge is 2.23. The second kappa shape index (κ2) is 8.94. The summed E-state index contributed by atoms with van der Waals surface area (Å²) < 4.78 is 19.4. The van der Waals surface area contributed by atoms with Crippen molar-refractivity contribution in [2.75, 3.05) is 13.2 Å². The van der Waals surface area contributed by atoms with E-state index < -0.39 is 11.9 Å². The van der Waals surface area contributed by atoms with Crippen molar-refractivity contribution in [1.29, 1.82) is 5.26 Å². The Hall–Kier alpha value is -1.72. The van der Waals surface area contributed by atoms with Crippen LogP contribution in [0.15, 0.2) is 23.7 Å². The van der Waals surface area contributed by atoms with E-state index in [0.717, 1.165) is 6.07 Å². The van der Waals surface area contributed by atoms with Crippen LogP contribution in [-0.4, -0.2) is 29.3 Å². The third-order valence-electron chi connectivity index (χ3n) is 3.35. The van der Waals surface area contributed by atoms with Gasteiger partial charge in [-0.15, -0.1) is 11.3 Å². The van der Waals surface area contributed by atoms with Crippen LogP contribution in [0.4, 0.5) is 4.39 Å². The van der Waals surface area contributed by atoms with Gasteiger partial charge in [-0.3, -0.25) is 0 Å². The number of halogens is 2. The highest BCUT2D eigenvalue weighted by Crippen LogP contribution is 2.32. The molecule has 0 saturated carbocycles. The van der Waals surface area contributed by atoms with Crippen molar-refractivity contribution in [2.24, 2.45) is 0 Å². The molecule has 0 spiro atoms. The summed E-state index contributed by atoms with van der Waals surface area (Å²) in [5.74, 6) is -0.482. The molecule has 2 aromatic rings. The van der Waals surface area contributed by atoms with Gasteiger partial charge in [0.15, 0.2) is 6.10 Å². The predicted molar refractivity (Wildman–Crippen MR) is 90.8 cm³/mol. The van der Waals surface area contributed by atoms with Crippen LogP contribution < -0.4 is 10.1 Å². The van der Waals surface area contributed by atoms with Gasteiger partial charge in [0.05, 0.1) is 17.2 Å². The number of rotatable bonds is 8. The lowest BCUT2D eigenvalue weighted by Gasteiger charge is -2.23. The van der Waals surface area contributed by atoms with Gasteiger partial charge in [0, 0.05) is 30.1 Å². The Kier molecular flexibility index (Phi) is 6.94. The maximum atomic E-state index is 13.5. The molecule has 2 N–H and O–H groups in total. The lowest BCUT2D eigenvalue weighted by atomic mass is 10.1. The first-order chi connectivity index (χ1) is 11.6. The highest BCUT2D eigenvalue weighted by molar-refractivity contribution is 7.09. The Morgan fingerprint density at radius 3 is 2.92 bits per heavy atom. The number of hydrogen-bond acceptors (Lipinski definition) is 6. The molecule has 0 fully saturated rings. The standard InChI is InChI=1S/C16H17ClFN3O2S/c1-2-20-11(9-22)6-15(16-21-3-4-24-16)23-14-7-12(17)13(18)5-10(14)8-19/h3-5,7,11,15,20,22H,2,6,9H2,1H3/t11-,15+/m0/s1. The average molecular weight is 370 g/mol. The molecule has 0 aliphatic rings. The molecule has 0 aliphatic heterocycles. The van der Waals surface area contributed by atoms with Crippen molar-refractivity contribution in [3.8, 4) is 11.8 Å². The summed E-state index contributed by atoms with van der Waals surface area (Å²) in [6.07, 6.45) is 1.60. The van der Waals surface area contributed by atoms with Crippen LogP contribution in [0.5, 0.6) is 5.75 Å². The Labute approximate surface area is 148 Å². The molecule has 1 aromatic heterocycles. The van der Waals surface area contributed by atoms with E-state index in [1.165, 1.54) is 17.4 Å². The molecule has 8 heteroatoms. The molecule has 0 amide bonds. The minimum atomic E-state index is -0.674. The van der Waals surface area contributed by atoms with Crippen LogP contribution in [0.25, 0.3) is 0 Å². The van der Waals surface area contributed by atoms with Gasteiger partial charge in [0.1, 0.15) is 22.6 Å². The summed E-state index contributed by atoms with van der Waals surface area (Å²) in [5, 5.41) is 24.2. The molecule has 24 heavy (non-hydrogen) atoms. The smallest absolute Gasteiger partial charge is 0.152 e. The summed E-state index contributed by atoms with van der Waals surface area (Å²) in [6, 6.07) is 4.05. The minimum Gasteiger partial charge on any atom is -0.482 e. The van der Waals surface area contributed by atoms with Gasteiger partial charge < -0.3 is 15.2 Å². The molecule has 128 valence electrons. The molecular weight excluding hydrogens is 353 g/mol. The fourth-order valence-electron chi connectivity index (χ4n) is 2.23. The molecule has 1 aromatic carbocycles. The van der Waals surface area contributed by atoms with Gasteiger partial charge in [0.2, 0.25) is 0 Å². The van der Waals surface area contributed by atoms with Crippen LogP contribution in [0.3, 0.4) is 0 Å². The zero-order valence-corrected chi connectivity index (χ0v) is 14.6. The van der Waals surface area contributed by atoms with E-state index in [0.29, 0.717) is 18.0 Å². The number of benzene rings is 1. The lowest BCUT2D eigenvalue weighted by Crippen LogP contribution is -2.34. The van der Waals surface area contributed by atoms with E-state index in [-0.39, 0.29) is 29.0 Å². The van der Waals surface area contributed by atoms with Crippen LogP contribution in [-0.2, 0) is 0 Å². The first kappa shape index (κ1) is 18.6. The van der Waals surface area contributed by atoms with Gasteiger partial charge in [-0.1, -0.05) is 18.5 Å². The fraction of sp³-hybridized carbons (Fsp3) is 0.375. The van der Waals surface area contributed by atoms with Crippen molar-refractivity contribution >= 4 is 22.9 Å². The Morgan fingerprint density at radius 2 is 2.33 bits per heavy atom. The van der Waals surface area contributed by atoms with Crippen molar-refractivity contribution in [3.63, 3.8) is 0 Å². The number of hydrogen-bond donors (Lipinski definition) is 2. The zero-order valence-electron chi connectivity index (χ0n) is 13.0. The third-order valence-corrected chi connectivity index (χ3v) is 4.51. The topological polar surface area (TPSA) is 78.2 Å². The first-order valence-electron chi connectivity index (χ1n) is 7.38. The van der Waals surface area contributed by atoms with E-state index in [9.17, 15) is 14.8 Å². The normalized spacial score (nSPS) is 13.3. The van der Waals surface area contributed by atoms with Gasteiger partial charge in [-0.25, -0.2) is 9.37 Å². The third kappa shape index (κ3) is 4.65. The van der Waals surface area contributed by atoms with Crippen molar-refractivity contribution < 1.29 is 14.2 Å². The van der Waals surface area contributed by atoms with E-state index in [1.54, 1.807) is 6.20 Å². The predicted octanol–water partition coefficient (Wildman–Crippen LogP) is 3.29. The number of aromatic nitrogens is 1. The molecule has 2 atom stereocenters. The minimum absolute atomic E-state index is 0.0578. The van der Waals surface area contributed by atoms with Gasteiger partial charge in [0.25, 0.3) is 0 Å². The molecule has 0 radical (unpaired) electrons. The number of thiazole rings is 1. The van der Waals surface area contributed by atoms with Crippen LogP contribution in [0.2, 0.25) is 5.02 Å². The SMILES string of the molecule is CCN[C@H](CO)C[C@@H](Oc1cc(Cl)c(F)cc1C#N)c1nccs1. The lowest BCUT2D eigenvalue weighted by molar-refractivity contribution is 0.149. The number of nitrogens with one attached hydrogen (secondary N) is 1. The van der Waals surface area contributed by atoms with Crippen molar-refractivity contribution in [2.45, 2.75) is 25.5 Å². The molecule has 1 heterocycles. The molecule has 0 bridgehead atoms. The molecule has 0 saturated heterocycles. The number of aliphatic hydroxyl groups is 1. The van der Waals surface area contributed by atoms with E-state index in [2.05, 4.69) is 10.3 Å². The summed E-state index contributed by atoms with van der Waals surface area (Å²) in [4.78, 5) is 4.25. The Bertz CT molecular complexity index is 706. The van der Waals surface area contributed by atoms with E-state index in [4.69, 9.17) is 16.3 Å². The van der Waals surface area contributed by atoms with Crippen LogP contribution in [0, 0.1) is 17.1 Å². The molecular formula is C16H17ClFN3O2S. The summed E-state index contributed by atoms with van der Waals surface area (Å²) in [7, 11) is 0. The zero-order chi connectivity index (χ0) is 17.5.